The predicted octanol–water partition coefficient (Wildman–Crippen LogP) is 3.20. The maximum absolute atomic E-state index is 13.5. The van der Waals surface area contributed by atoms with Crippen molar-refractivity contribution in [2.24, 2.45) is 0 Å². The smallest absolute Gasteiger partial charge is 0.255 e. The molecule has 1 aliphatic rings. The first kappa shape index (κ1) is 24.4. The van der Waals surface area contributed by atoms with Gasteiger partial charge in [0.15, 0.2) is 0 Å². The molecule has 3 atom stereocenters. The van der Waals surface area contributed by atoms with E-state index in [1.54, 1.807) is 19.1 Å². The summed E-state index contributed by atoms with van der Waals surface area (Å²) in [5, 5.41) is 3.07. The number of ether oxygens (including phenoxy) is 1. The molecule has 0 bridgehead atoms. The normalized spacial score (nSPS) is 19.5. The number of rotatable bonds is 5. The van der Waals surface area contributed by atoms with Gasteiger partial charge in [0.25, 0.3) is 5.91 Å². The first-order valence-corrected chi connectivity index (χ1v) is 14.1. The first-order chi connectivity index (χ1) is 16.0. The van der Waals surface area contributed by atoms with Crippen molar-refractivity contribution in [1.29, 1.82) is 0 Å². The molecular formula is C23H25FN2O6S2. The van der Waals surface area contributed by atoms with E-state index < -0.39 is 44.8 Å². The highest BCUT2D eigenvalue weighted by Gasteiger charge is 2.34. The SMILES string of the molecule is CNC(=O)c1c(-c2ccc(F)cc2)oc2cc3c(cc12)C(C)OC(CS(C)=O)CN3S(C)(=O)=O. The molecule has 1 aliphatic heterocycles. The van der Waals surface area contributed by atoms with Gasteiger partial charge in [-0.1, -0.05) is 0 Å². The second-order valence-electron chi connectivity index (χ2n) is 8.23. The van der Waals surface area contributed by atoms with Crippen LogP contribution < -0.4 is 9.62 Å². The predicted molar refractivity (Wildman–Crippen MR) is 129 cm³/mol. The largest absolute Gasteiger partial charge is 0.455 e. The van der Waals surface area contributed by atoms with Gasteiger partial charge >= 0.3 is 0 Å². The number of furan rings is 1. The highest BCUT2D eigenvalue weighted by atomic mass is 32.2. The van der Waals surface area contributed by atoms with Gasteiger partial charge in [-0.3, -0.25) is 13.3 Å². The summed E-state index contributed by atoms with van der Waals surface area (Å²) in [5.74, 6) is -0.406. The Morgan fingerprint density at radius 3 is 2.53 bits per heavy atom. The highest BCUT2D eigenvalue weighted by Crippen LogP contribution is 2.42. The summed E-state index contributed by atoms with van der Waals surface area (Å²) in [6.07, 6.45) is 1.51. The molecule has 3 aromatic rings. The fourth-order valence-electron chi connectivity index (χ4n) is 4.20. The van der Waals surface area contributed by atoms with Gasteiger partial charge in [-0.05, 0) is 37.3 Å². The van der Waals surface area contributed by atoms with Gasteiger partial charge in [-0.15, -0.1) is 0 Å². The molecule has 2 heterocycles. The number of amides is 1. The van der Waals surface area contributed by atoms with Crippen molar-refractivity contribution < 1.29 is 31.0 Å². The molecule has 1 N–H and O–H groups in total. The molecule has 0 spiro atoms. The van der Waals surface area contributed by atoms with Gasteiger partial charge in [-0.2, -0.15) is 0 Å². The van der Waals surface area contributed by atoms with Crippen molar-refractivity contribution in [3.8, 4) is 11.3 Å². The van der Waals surface area contributed by atoms with Crippen molar-refractivity contribution in [3.05, 3.63) is 53.3 Å². The molecule has 1 amide bonds. The van der Waals surface area contributed by atoms with E-state index in [9.17, 15) is 21.8 Å². The minimum absolute atomic E-state index is 0.00487. The maximum atomic E-state index is 13.5. The van der Waals surface area contributed by atoms with Crippen LogP contribution in [0.15, 0.2) is 40.8 Å². The summed E-state index contributed by atoms with van der Waals surface area (Å²) in [7, 11) is -3.41. The minimum Gasteiger partial charge on any atom is -0.455 e. The lowest BCUT2D eigenvalue weighted by molar-refractivity contribution is 0.0197. The number of halogens is 1. The molecular weight excluding hydrogens is 483 g/mol. The van der Waals surface area contributed by atoms with Gasteiger partial charge in [0, 0.05) is 46.7 Å². The number of carbonyl (C=O) groups excluding carboxylic acids is 1. The van der Waals surface area contributed by atoms with E-state index in [2.05, 4.69) is 5.32 Å². The van der Waals surface area contributed by atoms with Crippen molar-refractivity contribution in [3.63, 3.8) is 0 Å². The summed E-state index contributed by atoms with van der Waals surface area (Å²) in [6.45, 7) is 1.78. The van der Waals surface area contributed by atoms with Crippen LogP contribution in [0.2, 0.25) is 0 Å². The lowest BCUT2D eigenvalue weighted by Crippen LogP contribution is -2.38. The van der Waals surface area contributed by atoms with Crippen LogP contribution in [0, 0.1) is 5.82 Å². The van der Waals surface area contributed by atoms with Crippen LogP contribution in [0.25, 0.3) is 22.3 Å². The standard InChI is InChI=1S/C23H25FN2O6S2/c1-13-17-9-18-20(10-19(17)26(34(4,29)30)11-16(31-13)12-33(3)28)32-22(21(18)23(27)25-2)14-5-7-15(24)8-6-14/h5-10,13,16H,11-12H2,1-4H3,(H,25,27). The van der Waals surface area contributed by atoms with E-state index in [0.717, 1.165) is 6.26 Å². The molecule has 34 heavy (non-hydrogen) atoms. The molecule has 0 saturated carbocycles. The lowest BCUT2D eigenvalue weighted by Gasteiger charge is -2.24. The van der Waals surface area contributed by atoms with Crippen LogP contribution in [-0.4, -0.2) is 56.5 Å². The average Bonchev–Trinajstić information content (AvgIpc) is 3.06. The maximum Gasteiger partial charge on any atom is 0.255 e. The molecule has 4 rings (SSSR count). The molecule has 2 aromatic carbocycles. The lowest BCUT2D eigenvalue weighted by atomic mass is 10.0. The van der Waals surface area contributed by atoms with Crippen LogP contribution >= 0.6 is 0 Å². The molecule has 8 nitrogen and oxygen atoms in total. The van der Waals surface area contributed by atoms with Gasteiger partial charge in [-0.25, -0.2) is 12.8 Å². The van der Waals surface area contributed by atoms with Crippen molar-refractivity contribution in [2.75, 3.05) is 36.2 Å². The monoisotopic (exact) mass is 508 g/mol. The second-order valence-corrected chi connectivity index (χ2v) is 11.6. The van der Waals surface area contributed by atoms with Crippen LogP contribution in [-0.2, 0) is 25.6 Å². The van der Waals surface area contributed by atoms with Crippen LogP contribution in [0.3, 0.4) is 0 Å². The van der Waals surface area contributed by atoms with Crippen LogP contribution in [0.1, 0.15) is 28.9 Å². The Hall–Kier alpha value is -2.76. The topological polar surface area (TPSA) is 106 Å². The summed E-state index contributed by atoms with van der Waals surface area (Å²) in [6, 6.07) is 8.83. The Labute approximate surface area is 199 Å². The fraction of sp³-hybridized carbons (Fsp3) is 0.348. The zero-order valence-corrected chi connectivity index (χ0v) is 20.8. The third kappa shape index (κ3) is 4.59. The molecule has 0 fully saturated rings. The molecule has 182 valence electrons. The summed E-state index contributed by atoms with van der Waals surface area (Å²) in [5.41, 5.74) is 1.98. The Bertz CT molecular complexity index is 1380. The number of hydrogen-bond acceptors (Lipinski definition) is 6. The van der Waals surface area contributed by atoms with E-state index >= 15 is 0 Å². The Morgan fingerprint density at radius 2 is 1.94 bits per heavy atom. The van der Waals surface area contributed by atoms with E-state index in [0.29, 0.717) is 27.8 Å². The second kappa shape index (κ2) is 9.12. The quantitative estimate of drug-likeness (QED) is 0.567. The number of nitrogens with one attached hydrogen (secondary N) is 1. The summed E-state index contributed by atoms with van der Waals surface area (Å²) < 4.78 is 64.1. The Balaban J connectivity index is 1.97. The number of fused-ring (bicyclic) bond motifs is 2. The van der Waals surface area contributed by atoms with Gasteiger partial charge in [0.1, 0.15) is 17.2 Å². The highest BCUT2D eigenvalue weighted by molar-refractivity contribution is 7.92. The average molecular weight is 509 g/mol. The van der Waals surface area contributed by atoms with Gasteiger partial charge < -0.3 is 14.5 Å². The first-order valence-electron chi connectivity index (χ1n) is 10.5. The van der Waals surface area contributed by atoms with Crippen molar-refractivity contribution in [1.82, 2.24) is 5.32 Å². The van der Waals surface area contributed by atoms with Gasteiger partial charge in [0.05, 0.1) is 42.0 Å². The third-order valence-electron chi connectivity index (χ3n) is 5.69. The molecule has 0 radical (unpaired) electrons. The van der Waals surface area contributed by atoms with Gasteiger partial charge in [0.2, 0.25) is 10.0 Å². The van der Waals surface area contributed by atoms with E-state index in [1.165, 1.54) is 41.9 Å². The minimum atomic E-state index is -3.71. The van der Waals surface area contributed by atoms with E-state index in [4.69, 9.17) is 9.15 Å². The number of hydrogen-bond donors (Lipinski definition) is 1. The number of nitrogens with zero attached hydrogens (tertiary/aromatic N) is 1. The number of benzene rings is 2. The number of anilines is 1. The zero-order chi connectivity index (χ0) is 24.8. The molecule has 3 unspecified atom stereocenters. The molecule has 1 aromatic heterocycles. The fourth-order valence-corrected chi connectivity index (χ4v) is 5.86. The molecule has 0 aliphatic carbocycles. The van der Waals surface area contributed by atoms with E-state index in [1.807, 2.05) is 0 Å². The summed E-state index contributed by atoms with van der Waals surface area (Å²) in [4.78, 5) is 12.8. The van der Waals surface area contributed by atoms with Crippen molar-refractivity contribution >= 4 is 43.4 Å². The third-order valence-corrected chi connectivity index (χ3v) is 7.68. The molecule has 11 heteroatoms. The molecule has 0 saturated heterocycles. The Kier molecular flexibility index (Phi) is 6.54. The number of carbonyl (C=O) groups is 1. The van der Waals surface area contributed by atoms with Crippen LogP contribution in [0.4, 0.5) is 10.1 Å². The van der Waals surface area contributed by atoms with Crippen molar-refractivity contribution in [2.45, 2.75) is 19.1 Å². The van der Waals surface area contributed by atoms with E-state index in [-0.39, 0.29) is 23.6 Å². The Morgan fingerprint density at radius 1 is 1.26 bits per heavy atom. The van der Waals surface area contributed by atoms with Crippen LogP contribution in [0.5, 0.6) is 0 Å². The summed E-state index contributed by atoms with van der Waals surface area (Å²) >= 11 is 0. The number of sulfonamides is 1. The zero-order valence-electron chi connectivity index (χ0n) is 19.1.